The maximum atomic E-state index is 9.10. The molecule has 0 fully saturated rings. The number of nitriles is 1. The Labute approximate surface area is 280 Å². The Kier molecular flexibility index (Phi) is 7.86. The molecule has 5 aromatic carbocycles. The van der Waals surface area contributed by atoms with Crippen LogP contribution in [0.4, 0.5) is 0 Å². The van der Waals surface area contributed by atoms with Crippen LogP contribution in [-0.4, -0.2) is 15.0 Å². The van der Waals surface area contributed by atoms with Gasteiger partial charge in [-0.25, -0.2) is 15.0 Å². The molecule has 0 saturated heterocycles. The lowest BCUT2D eigenvalue weighted by molar-refractivity contribution is 0.756. The maximum Gasteiger partial charge on any atom is 0.163 e. The Balaban J connectivity index is 1.04. The monoisotopic (exact) mass is 616 g/mol. The summed E-state index contributed by atoms with van der Waals surface area (Å²) in [6.45, 7) is 0. The summed E-state index contributed by atoms with van der Waals surface area (Å²) in [5.74, 6) is 2.40. The van der Waals surface area contributed by atoms with E-state index in [1.165, 1.54) is 33.0 Å². The Morgan fingerprint density at radius 1 is 0.625 bits per heavy atom. The third kappa shape index (κ3) is 6.02. The van der Waals surface area contributed by atoms with Crippen molar-refractivity contribution in [2.75, 3.05) is 0 Å². The average Bonchev–Trinajstić information content (AvgIpc) is 3.18. The minimum atomic E-state index is 0.0806. The highest BCUT2D eigenvalue weighted by atomic mass is 15.0. The topological polar surface area (TPSA) is 62.5 Å². The molecule has 0 bridgehead atoms. The van der Waals surface area contributed by atoms with Gasteiger partial charge in [-0.1, -0.05) is 127 Å². The Bertz CT molecular complexity index is 2300. The van der Waals surface area contributed by atoms with Crippen molar-refractivity contribution in [3.8, 4) is 39.7 Å². The van der Waals surface area contributed by atoms with Crippen LogP contribution < -0.4 is 0 Å². The molecule has 0 N–H and O–H groups in total. The number of nitrogens with zero attached hydrogens (tertiary/aromatic N) is 4. The molecule has 0 radical (unpaired) electrons. The van der Waals surface area contributed by atoms with E-state index >= 15 is 0 Å². The maximum absolute atomic E-state index is 9.10. The second-order valence-electron chi connectivity index (χ2n) is 12.3. The molecule has 1 heterocycles. The summed E-state index contributed by atoms with van der Waals surface area (Å²) in [5.41, 5.74) is 9.84. The first-order valence-corrected chi connectivity index (χ1v) is 16.4. The van der Waals surface area contributed by atoms with Gasteiger partial charge in [-0.2, -0.15) is 5.26 Å². The van der Waals surface area contributed by atoms with Crippen LogP contribution in [0.2, 0.25) is 0 Å². The fourth-order valence-corrected chi connectivity index (χ4v) is 6.43. The van der Waals surface area contributed by atoms with Gasteiger partial charge < -0.3 is 0 Å². The van der Waals surface area contributed by atoms with Crippen molar-refractivity contribution in [2.45, 2.75) is 25.2 Å². The first-order chi connectivity index (χ1) is 23.7. The largest absolute Gasteiger partial charge is 0.213 e. The minimum Gasteiger partial charge on any atom is -0.213 e. The number of rotatable bonds is 6. The van der Waals surface area contributed by atoms with E-state index in [9.17, 15) is 0 Å². The van der Waals surface area contributed by atoms with Gasteiger partial charge in [0.15, 0.2) is 11.6 Å². The fraction of sp³-hybridized carbons (Fsp3) is 0.0909. The zero-order valence-corrected chi connectivity index (χ0v) is 26.4. The van der Waals surface area contributed by atoms with Crippen LogP contribution in [0.3, 0.4) is 0 Å². The molecule has 0 aliphatic heterocycles. The Morgan fingerprint density at radius 2 is 1.29 bits per heavy atom. The van der Waals surface area contributed by atoms with Crippen LogP contribution in [-0.2, 0) is 0 Å². The van der Waals surface area contributed by atoms with Gasteiger partial charge in [-0.3, -0.25) is 0 Å². The van der Waals surface area contributed by atoms with Crippen molar-refractivity contribution in [3.05, 3.63) is 174 Å². The van der Waals surface area contributed by atoms with E-state index in [-0.39, 0.29) is 5.92 Å². The number of benzene rings is 5. The predicted octanol–water partition coefficient (Wildman–Crippen LogP) is 10.8. The summed E-state index contributed by atoms with van der Waals surface area (Å²) in [6, 6.07) is 42.1. The average molecular weight is 617 g/mol. The van der Waals surface area contributed by atoms with Gasteiger partial charge in [0, 0.05) is 11.5 Å². The summed E-state index contributed by atoms with van der Waals surface area (Å²) in [4.78, 5) is 14.9. The quantitative estimate of drug-likeness (QED) is 0.187. The van der Waals surface area contributed by atoms with E-state index in [4.69, 9.17) is 20.2 Å². The first kappa shape index (κ1) is 29.2. The molecule has 4 heteroatoms. The number of fused-ring (bicyclic) bond motifs is 1. The van der Waals surface area contributed by atoms with Gasteiger partial charge in [0.05, 0.1) is 11.6 Å². The Morgan fingerprint density at radius 3 is 1.98 bits per heavy atom. The fourth-order valence-electron chi connectivity index (χ4n) is 6.43. The molecular formula is C44H32N4. The molecule has 6 aromatic rings. The molecular weight excluding hydrogens is 585 g/mol. The van der Waals surface area contributed by atoms with Crippen molar-refractivity contribution < 1.29 is 0 Å². The summed E-state index contributed by atoms with van der Waals surface area (Å²) in [7, 11) is 0. The number of hydrogen-bond acceptors (Lipinski definition) is 4. The van der Waals surface area contributed by atoms with Gasteiger partial charge in [-0.15, -0.1) is 0 Å². The normalized spacial score (nSPS) is 15.5. The van der Waals surface area contributed by atoms with Crippen molar-refractivity contribution in [3.63, 3.8) is 0 Å². The molecule has 1 atom stereocenters. The van der Waals surface area contributed by atoms with Gasteiger partial charge in [-0.05, 0) is 93.3 Å². The van der Waals surface area contributed by atoms with E-state index in [1.54, 1.807) is 0 Å². The SMILES string of the molecule is N#Cc1ccc(-c2ccc(-c3ccc4ccc(C5=CCC(c6nc(C7=CC=CCC7)nc(-c7ccccc7)n6)C=C5)cc4c3)cc2)cc1. The molecule has 1 aromatic heterocycles. The van der Waals surface area contributed by atoms with Gasteiger partial charge >= 0.3 is 0 Å². The van der Waals surface area contributed by atoms with Crippen LogP contribution in [0.15, 0.2) is 152 Å². The molecule has 8 rings (SSSR count). The first-order valence-electron chi connectivity index (χ1n) is 16.4. The van der Waals surface area contributed by atoms with Crippen LogP contribution in [0.5, 0.6) is 0 Å². The van der Waals surface area contributed by atoms with E-state index in [0.717, 1.165) is 59.0 Å². The zero-order valence-electron chi connectivity index (χ0n) is 26.4. The smallest absolute Gasteiger partial charge is 0.163 e. The lowest BCUT2D eigenvalue weighted by atomic mass is 9.91. The summed E-state index contributed by atoms with van der Waals surface area (Å²) in [5, 5.41) is 11.5. The molecule has 228 valence electrons. The Hall–Kier alpha value is -6.18. The standard InChI is InChI=1S/C44H32N4/c45-29-30-11-13-31(14-12-30)32-15-17-33(18-16-32)39-25-21-35-22-26-40(28-41(35)27-39)34-19-23-38(24-20-34)44-47-42(36-7-3-1-4-8-36)46-43(48-44)37-9-5-2-6-10-37/h1-5,7-9,11-23,25-28,38H,6,10,24H2. The molecule has 0 spiro atoms. The molecule has 0 saturated carbocycles. The molecule has 1 unspecified atom stereocenters. The summed E-state index contributed by atoms with van der Waals surface area (Å²) >= 11 is 0. The van der Waals surface area contributed by atoms with Crippen LogP contribution in [0.25, 0.3) is 55.6 Å². The molecule has 2 aliphatic rings. The number of hydrogen-bond donors (Lipinski definition) is 0. The number of allylic oxidation sites excluding steroid dienone is 8. The van der Waals surface area contributed by atoms with E-state index in [0.29, 0.717) is 5.56 Å². The van der Waals surface area contributed by atoms with E-state index in [2.05, 4.69) is 115 Å². The van der Waals surface area contributed by atoms with E-state index in [1.807, 2.05) is 42.5 Å². The van der Waals surface area contributed by atoms with Crippen molar-refractivity contribution in [2.24, 2.45) is 0 Å². The minimum absolute atomic E-state index is 0.0806. The van der Waals surface area contributed by atoms with Crippen LogP contribution in [0.1, 0.15) is 48.0 Å². The van der Waals surface area contributed by atoms with Gasteiger partial charge in [0.2, 0.25) is 0 Å². The van der Waals surface area contributed by atoms with Crippen LogP contribution in [0, 0.1) is 11.3 Å². The highest BCUT2D eigenvalue weighted by molar-refractivity contribution is 5.91. The van der Waals surface area contributed by atoms with Crippen LogP contribution >= 0.6 is 0 Å². The second kappa shape index (κ2) is 12.9. The van der Waals surface area contributed by atoms with Gasteiger partial charge in [0.1, 0.15) is 5.82 Å². The van der Waals surface area contributed by atoms with Gasteiger partial charge in [0.25, 0.3) is 0 Å². The molecule has 48 heavy (non-hydrogen) atoms. The number of aromatic nitrogens is 3. The summed E-state index contributed by atoms with van der Waals surface area (Å²) < 4.78 is 0. The van der Waals surface area contributed by atoms with E-state index < -0.39 is 0 Å². The highest BCUT2D eigenvalue weighted by Gasteiger charge is 2.20. The van der Waals surface area contributed by atoms with Crippen molar-refractivity contribution in [1.82, 2.24) is 15.0 Å². The van der Waals surface area contributed by atoms with Crippen molar-refractivity contribution >= 4 is 21.9 Å². The molecule has 4 nitrogen and oxygen atoms in total. The summed E-state index contributed by atoms with van der Waals surface area (Å²) in [6.07, 6.45) is 16.0. The second-order valence-corrected chi connectivity index (χ2v) is 12.3. The molecule has 2 aliphatic carbocycles. The third-order valence-electron chi connectivity index (χ3n) is 9.16. The third-order valence-corrected chi connectivity index (χ3v) is 9.16. The highest BCUT2D eigenvalue weighted by Crippen LogP contribution is 2.34. The van der Waals surface area contributed by atoms with Crippen molar-refractivity contribution in [1.29, 1.82) is 5.26 Å². The zero-order chi connectivity index (χ0) is 32.3. The molecule has 0 amide bonds. The predicted molar refractivity (Wildman–Crippen MR) is 196 cm³/mol. The lowest BCUT2D eigenvalue weighted by Crippen LogP contribution is -2.10. The lowest BCUT2D eigenvalue weighted by Gasteiger charge is -2.18.